The van der Waals surface area contributed by atoms with E-state index in [-0.39, 0.29) is 41.1 Å². The molecule has 2 rings (SSSR count). The Morgan fingerprint density at radius 2 is 1.74 bits per heavy atom. The van der Waals surface area contributed by atoms with E-state index in [4.69, 9.17) is 0 Å². The molecule has 0 aliphatic rings. The molecule has 0 unspecified atom stereocenters. The SMILES string of the molecule is Cc1ccc(O)[n+](CC(=O)c2ccccc2)c1O.[Br-]. The average Bonchev–Trinajstić information content (AvgIpc) is 2.40. The number of carbonyl (C=O) groups excluding carboxylic acids is 1. The Labute approximate surface area is 121 Å². The Bertz CT molecular complexity index is 585. The number of benzene rings is 1. The average molecular weight is 324 g/mol. The Hall–Kier alpha value is -1.88. The molecule has 0 aliphatic heterocycles. The number of aryl methyl sites for hydroxylation is 1. The highest BCUT2D eigenvalue weighted by Crippen LogP contribution is 2.14. The zero-order valence-corrected chi connectivity index (χ0v) is 12.0. The number of aromatic hydroxyl groups is 2. The molecular weight excluding hydrogens is 310 g/mol. The van der Waals surface area contributed by atoms with Crippen molar-refractivity contribution >= 4 is 5.78 Å². The third kappa shape index (κ3) is 3.32. The summed E-state index contributed by atoms with van der Waals surface area (Å²) in [4.78, 5) is 12.0. The minimum Gasteiger partial charge on any atom is -1.00 e. The summed E-state index contributed by atoms with van der Waals surface area (Å²) in [6.07, 6.45) is 0. The normalized spacial score (nSPS) is 9.74. The molecule has 0 spiro atoms. The van der Waals surface area contributed by atoms with Crippen LogP contribution in [0.4, 0.5) is 0 Å². The van der Waals surface area contributed by atoms with E-state index in [1.165, 1.54) is 10.6 Å². The Morgan fingerprint density at radius 1 is 1.11 bits per heavy atom. The topological polar surface area (TPSA) is 61.4 Å². The maximum atomic E-state index is 12.0. The van der Waals surface area contributed by atoms with Crippen molar-refractivity contribution in [1.82, 2.24) is 0 Å². The second-order valence-corrected chi connectivity index (χ2v) is 4.07. The van der Waals surface area contributed by atoms with Crippen LogP contribution in [-0.4, -0.2) is 16.0 Å². The minimum absolute atomic E-state index is 0. The highest BCUT2D eigenvalue weighted by atomic mass is 79.9. The number of pyridine rings is 1. The van der Waals surface area contributed by atoms with Crippen molar-refractivity contribution in [3.05, 3.63) is 53.6 Å². The smallest absolute Gasteiger partial charge is 0.371 e. The van der Waals surface area contributed by atoms with Gasteiger partial charge >= 0.3 is 11.8 Å². The second kappa shape index (κ2) is 6.33. The van der Waals surface area contributed by atoms with Gasteiger partial charge in [-0.25, -0.2) is 0 Å². The summed E-state index contributed by atoms with van der Waals surface area (Å²) in [5.74, 6) is -0.404. The molecule has 1 aromatic carbocycles. The van der Waals surface area contributed by atoms with Crippen LogP contribution in [0.2, 0.25) is 0 Å². The van der Waals surface area contributed by atoms with Gasteiger partial charge in [0.2, 0.25) is 12.3 Å². The zero-order valence-electron chi connectivity index (χ0n) is 10.4. The van der Waals surface area contributed by atoms with Gasteiger partial charge < -0.3 is 27.2 Å². The summed E-state index contributed by atoms with van der Waals surface area (Å²) in [5.41, 5.74) is 1.15. The Morgan fingerprint density at radius 3 is 2.37 bits per heavy atom. The summed E-state index contributed by atoms with van der Waals surface area (Å²) >= 11 is 0. The van der Waals surface area contributed by atoms with E-state index in [1.54, 1.807) is 37.3 Å². The van der Waals surface area contributed by atoms with Gasteiger partial charge in [-0.15, -0.1) is 4.57 Å². The van der Waals surface area contributed by atoms with Crippen molar-refractivity contribution in [2.45, 2.75) is 13.5 Å². The van der Waals surface area contributed by atoms with Crippen molar-refractivity contribution in [1.29, 1.82) is 0 Å². The molecule has 1 heterocycles. The van der Waals surface area contributed by atoms with Gasteiger partial charge in [0.25, 0.3) is 0 Å². The standard InChI is InChI=1S/C14H13NO3.BrH/c1-10-7-8-13(17)15(14(10)18)9-12(16)11-5-3-2-4-6-11;/h2-8H,9H2,1H3,(H,17,18);1H. The summed E-state index contributed by atoms with van der Waals surface area (Å²) in [5, 5.41) is 19.5. The van der Waals surface area contributed by atoms with Gasteiger partial charge in [-0.3, -0.25) is 4.79 Å². The van der Waals surface area contributed by atoms with E-state index < -0.39 is 0 Å². The molecule has 19 heavy (non-hydrogen) atoms. The van der Waals surface area contributed by atoms with Crippen LogP contribution in [0.1, 0.15) is 15.9 Å². The fourth-order valence-corrected chi connectivity index (χ4v) is 1.70. The number of aromatic nitrogens is 1. The van der Waals surface area contributed by atoms with Crippen LogP contribution in [-0.2, 0) is 6.54 Å². The van der Waals surface area contributed by atoms with Gasteiger partial charge in [-0.1, -0.05) is 30.3 Å². The number of rotatable bonds is 3. The summed E-state index contributed by atoms with van der Waals surface area (Å²) < 4.78 is 1.19. The molecule has 2 N–H and O–H groups in total. The first-order valence-corrected chi connectivity index (χ1v) is 5.59. The van der Waals surface area contributed by atoms with Crippen LogP contribution in [0.15, 0.2) is 42.5 Å². The molecule has 0 aliphatic carbocycles. The highest BCUT2D eigenvalue weighted by molar-refractivity contribution is 5.95. The van der Waals surface area contributed by atoms with E-state index in [1.807, 2.05) is 6.07 Å². The molecule has 5 heteroatoms. The molecule has 0 amide bonds. The van der Waals surface area contributed by atoms with Gasteiger partial charge in [0.05, 0.1) is 11.6 Å². The maximum absolute atomic E-state index is 12.0. The van der Waals surface area contributed by atoms with Crippen LogP contribution in [0, 0.1) is 6.92 Å². The zero-order chi connectivity index (χ0) is 13.1. The number of halogens is 1. The van der Waals surface area contributed by atoms with Crippen LogP contribution in [0.5, 0.6) is 11.8 Å². The molecular formula is C14H14BrNO3. The first-order valence-electron chi connectivity index (χ1n) is 5.59. The van der Waals surface area contributed by atoms with Gasteiger partial charge in [0.1, 0.15) is 0 Å². The number of carbonyl (C=O) groups is 1. The molecule has 2 aromatic rings. The van der Waals surface area contributed by atoms with Crippen molar-refractivity contribution in [3.8, 4) is 11.8 Å². The van der Waals surface area contributed by atoms with E-state index in [9.17, 15) is 15.0 Å². The number of ketones is 1. The lowest BCUT2D eigenvalue weighted by Gasteiger charge is -2.02. The van der Waals surface area contributed by atoms with Crippen molar-refractivity contribution in [2.75, 3.05) is 0 Å². The molecule has 0 atom stereocenters. The van der Waals surface area contributed by atoms with E-state index >= 15 is 0 Å². The number of nitrogens with zero attached hydrogens (tertiary/aromatic N) is 1. The van der Waals surface area contributed by atoms with Gasteiger partial charge in [-0.2, -0.15) is 0 Å². The Kier molecular flexibility index (Phi) is 5.06. The molecule has 0 fully saturated rings. The van der Waals surface area contributed by atoms with Crippen LogP contribution >= 0.6 is 0 Å². The van der Waals surface area contributed by atoms with Gasteiger partial charge in [0, 0.05) is 5.56 Å². The van der Waals surface area contributed by atoms with Crippen molar-refractivity contribution in [2.24, 2.45) is 0 Å². The van der Waals surface area contributed by atoms with Gasteiger partial charge in [0.15, 0.2) is 0 Å². The summed E-state index contributed by atoms with van der Waals surface area (Å²) in [6.45, 7) is 1.61. The lowest BCUT2D eigenvalue weighted by atomic mass is 10.1. The summed E-state index contributed by atoms with van der Waals surface area (Å²) in [6, 6.07) is 11.8. The molecule has 0 radical (unpaired) electrons. The van der Waals surface area contributed by atoms with E-state index in [2.05, 4.69) is 0 Å². The quantitative estimate of drug-likeness (QED) is 0.538. The first-order chi connectivity index (χ1) is 8.59. The number of hydrogen-bond donors (Lipinski definition) is 2. The maximum Gasteiger partial charge on any atom is 0.371 e. The fourth-order valence-electron chi connectivity index (χ4n) is 1.70. The molecule has 1 aromatic heterocycles. The minimum atomic E-state index is -0.170. The predicted molar refractivity (Wildman–Crippen MR) is 65.5 cm³/mol. The molecule has 0 bridgehead atoms. The molecule has 4 nitrogen and oxygen atoms in total. The number of Topliss-reactive ketones (excluding diaryl/α,β-unsaturated/α-hetero) is 1. The summed E-state index contributed by atoms with van der Waals surface area (Å²) in [7, 11) is 0. The van der Waals surface area contributed by atoms with Crippen LogP contribution < -0.4 is 21.5 Å². The molecule has 100 valence electrons. The highest BCUT2D eigenvalue weighted by Gasteiger charge is 2.22. The van der Waals surface area contributed by atoms with Gasteiger partial charge in [-0.05, 0) is 13.0 Å². The first kappa shape index (κ1) is 15.2. The lowest BCUT2D eigenvalue weighted by Crippen LogP contribution is -3.00. The largest absolute Gasteiger partial charge is 1.00 e. The monoisotopic (exact) mass is 323 g/mol. The third-order valence-electron chi connectivity index (χ3n) is 2.76. The van der Waals surface area contributed by atoms with E-state index in [0.29, 0.717) is 11.1 Å². The Balaban J connectivity index is 0.00000180. The molecule has 0 saturated heterocycles. The lowest BCUT2D eigenvalue weighted by molar-refractivity contribution is -0.695. The predicted octanol–water partition coefficient (Wildman–Crippen LogP) is -1.42. The van der Waals surface area contributed by atoms with Crippen LogP contribution in [0.25, 0.3) is 0 Å². The van der Waals surface area contributed by atoms with Crippen molar-refractivity contribution < 1.29 is 36.6 Å². The van der Waals surface area contributed by atoms with E-state index in [0.717, 1.165) is 0 Å². The molecule has 0 saturated carbocycles. The number of hydrogen-bond acceptors (Lipinski definition) is 3. The fraction of sp³-hybridized carbons (Fsp3) is 0.143. The second-order valence-electron chi connectivity index (χ2n) is 4.07. The third-order valence-corrected chi connectivity index (χ3v) is 2.76. The van der Waals surface area contributed by atoms with Crippen molar-refractivity contribution in [3.63, 3.8) is 0 Å². The van der Waals surface area contributed by atoms with Crippen LogP contribution in [0.3, 0.4) is 0 Å².